The molecule has 0 radical (unpaired) electrons. The predicted octanol–water partition coefficient (Wildman–Crippen LogP) is 4.27. The Morgan fingerprint density at radius 3 is 2.65 bits per heavy atom. The summed E-state index contributed by atoms with van der Waals surface area (Å²) in [5.74, 6) is 0.991. The van der Waals surface area contributed by atoms with Crippen molar-refractivity contribution in [1.29, 1.82) is 0 Å². The quantitative estimate of drug-likeness (QED) is 0.857. The summed E-state index contributed by atoms with van der Waals surface area (Å²) in [6, 6.07) is 9.09. The molecule has 1 aromatic carbocycles. The molecule has 1 atom stereocenters. The minimum Gasteiger partial charge on any atom is -0.496 e. The Morgan fingerprint density at radius 1 is 1.20 bits per heavy atom. The van der Waals surface area contributed by atoms with E-state index >= 15 is 0 Å². The SMILES string of the molecule is CCNC(Cc1ccc(C)c(C)c1)c1sccc1OC. The number of likely N-dealkylation sites (N-methyl/N-ethyl adjacent to an activating group) is 1. The molecule has 0 aliphatic heterocycles. The number of nitrogens with one attached hydrogen (secondary N) is 1. The molecule has 0 aliphatic carbocycles. The van der Waals surface area contributed by atoms with E-state index in [1.807, 2.05) is 6.07 Å². The van der Waals surface area contributed by atoms with E-state index in [9.17, 15) is 0 Å². The van der Waals surface area contributed by atoms with Crippen molar-refractivity contribution in [3.8, 4) is 5.75 Å². The van der Waals surface area contributed by atoms with Gasteiger partial charge in [-0.3, -0.25) is 0 Å². The molecule has 2 aromatic rings. The molecule has 3 heteroatoms. The summed E-state index contributed by atoms with van der Waals surface area (Å²) in [6.45, 7) is 7.43. The molecular weight excluding hydrogens is 266 g/mol. The number of hydrogen-bond donors (Lipinski definition) is 1. The van der Waals surface area contributed by atoms with Crippen LogP contribution in [0.2, 0.25) is 0 Å². The first-order chi connectivity index (χ1) is 9.65. The zero-order valence-electron chi connectivity index (χ0n) is 12.7. The van der Waals surface area contributed by atoms with Gasteiger partial charge in [0.1, 0.15) is 5.75 Å². The lowest BCUT2D eigenvalue weighted by Crippen LogP contribution is -2.22. The normalized spacial score (nSPS) is 12.4. The van der Waals surface area contributed by atoms with Gasteiger partial charge in [0.2, 0.25) is 0 Å². The Kier molecular flexibility index (Phi) is 5.21. The molecule has 2 nitrogen and oxygen atoms in total. The van der Waals surface area contributed by atoms with Crippen LogP contribution in [0.1, 0.15) is 34.5 Å². The molecule has 1 N–H and O–H groups in total. The second-order valence-corrected chi connectivity index (χ2v) is 6.03. The van der Waals surface area contributed by atoms with Crippen LogP contribution in [0.3, 0.4) is 0 Å². The van der Waals surface area contributed by atoms with Crippen LogP contribution in [0.4, 0.5) is 0 Å². The highest BCUT2D eigenvalue weighted by Gasteiger charge is 2.17. The Balaban J connectivity index is 2.23. The Hall–Kier alpha value is -1.32. The van der Waals surface area contributed by atoms with Gasteiger partial charge in [0, 0.05) is 6.04 Å². The lowest BCUT2D eigenvalue weighted by molar-refractivity contribution is 0.403. The van der Waals surface area contributed by atoms with Crippen molar-refractivity contribution in [2.45, 2.75) is 33.2 Å². The molecule has 20 heavy (non-hydrogen) atoms. The van der Waals surface area contributed by atoms with Gasteiger partial charge in [-0.25, -0.2) is 0 Å². The van der Waals surface area contributed by atoms with Crippen LogP contribution in [-0.4, -0.2) is 13.7 Å². The molecule has 0 aliphatic rings. The van der Waals surface area contributed by atoms with E-state index in [2.05, 4.69) is 49.7 Å². The Labute approximate surface area is 125 Å². The second kappa shape index (κ2) is 6.91. The van der Waals surface area contributed by atoms with Gasteiger partial charge in [0.15, 0.2) is 0 Å². The van der Waals surface area contributed by atoms with Crippen LogP contribution in [0.15, 0.2) is 29.6 Å². The van der Waals surface area contributed by atoms with Gasteiger partial charge < -0.3 is 10.1 Å². The van der Waals surface area contributed by atoms with Gasteiger partial charge in [0.05, 0.1) is 12.0 Å². The first-order valence-corrected chi connectivity index (χ1v) is 7.94. The van der Waals surface area contributed by atoms with Gasteiger partial charge in [-0.2, -0.15) is 0 Å². The average Bonchev–Trinajstić information content (AvgIpc) is 2.90. The van der Waals surface area contributed by atoms with Crippen LogP contribution in [0.25, 0.3) is 0 Å². The predicted molar refractivity (Wildman–Crippen MR) is 86.9 cm³/mol. The number of ether oxygens (including phenoxy) is 1. The lowest BCUT2D eigenvalue weighted by atomic mass is 10.00. The molecule has 2 rings (SSSR count). The van der Waals surface area contributed by atoms with Gasteiger partial charge in [-0.1, -0.05) is 25.1 Å². The van der Waals surface area contributed by atoms with Gasteiger partial charge in [-0.05, 0) is 54.9 Å². The zero-order valence-corrected chi connectivity index (χ0v) is 13.5. The summed E-state index contributed by atoms with van der Waals surface area (Å²) in [7, 11) is 1.74. The molecule has 0 bridgehead atoms. The number of methoxy groups -OCH3 is 1. The Bertz CT molecular complexity index is 562. The first kappa shape index (κ1) is 15.1. The highest BCUT2D eigenvalue weighted by atomic mass is 32.1. The van der Waals surface area contributed by atoms with Crippen molar-refractivity contribution in [2.24, 2.45) is 0 Å². The van der Waals surface area contributed by atoms with Crippen molar-refractivity contribution in [3.63, 3.8) is 0 Å². The third-order valence-corrected chi connectivity index (χ3v) is 4.67. The zero-order chi connectivity index (χ0) is 14.5. The van der Waals surface area contributed by atoms with Crippen molar-refractivity contribution < 1.29 is 4.74 Å². The molecule has 1 heterocycles. The number of hydrogen-bond acceptors (Lipinski definition) is 3. The molecule has 0 fully saturated rings. The number of thiophene rings is 1. The average molecular weight is 289 g/mol. The number of aryl methyl sites for hydroxylation is 2. The molecule has 108 valence electrons. The largest absolute Gasteiger partial charge is 0.496 e. The summed E-state index contributed by atoms with van der Waals surface area (Å²) < 4.78 is 5.46. The monoisotopic (exact) mass is 289 g/mol. The maximum Gasteiger partial charge on any atom is 0.134 e. The molecule has 0 amide bonds. The topological polar surface area (TPSA) is 21.3 Å². The minimum absolute atomic E-state index is 0.317. The highest BCUT2D eigenvalue weighted by molar-refractivity contribution is 7.10. The van der Waals surface area contributed by atoms with Crippen LogP contribution in [0, 0.1) is 13.8 Å². The summed E-state index contributed by atoms with van der Waals surface area (Å²) in [5.41, 5.74) is 4.08. The number of benzene rings is 1. The highest BCUT2D eigenvalue weighted by Crippen LogP contribution is 2.33. The maximum absolute atomic E-state index is 5.46. The molecule has 0 saturated carbocycles. The van der Waals surface area contributed by atoms with E-state index in [0.29, 0.717) is 6.04 Å². The van der Waals surface area contributed by atoms with Crippen molar-refractivity contribution in [3.05, 3.63) is 51.2 Å². The van der Waals surface area contributed by atoms with E-state index in [0.717, 1.165) is 18.7 Å². The van der Waals surface area contributed by atoms with Crippen LogP contribution < -0.4 is 10.1 Å². The fourth-order valence-electron chi connectivity index (χ4n) is 2.40. The van der Waals surface area contributed by atoms with Crippen molar-refractivity contribution in [2.75, 3.05) is 13.7 Å². The summed E-state index contributed by atoms with van der Waals surface area (Å²) in [6.07, 6.45) is 0.992. The summed E-state index contributed by atoms with van der Waals surface area (Å²) in [4.78, 5) is 1.28. The molecule has 0 spiro atoms. The summed E-state index contributed by atoms with van der Waals surface area (Å²) >= 11 is 1.76. The van der Waals surface area contributed by atoms with Gasteiger partial charge in [-0.15, -0.1) is 11.3 Å². The fraction of sp³-hybridized carbons (Fsp3) is 0.412. The molecule has 1 unspecified atom stereocenters. The third-order valence-electron chi connectivity index (χ3n) is 3.66. The van der Waals surface area contributed by atoms with Gasteiger partial charge in [0.25, 0.3) is 0 Å². The summed E-state index contributed by atoms with van der Waals surface area (Å²) in [5, 5.41) is 5.67. The van der Waals surface area contributed by atoms with E-state index < -0.39 is 0 Å². The Morgan fingerprint density at radius 2 is 2.00 bits per heavy atom. The van der Waals surface area contributed by atoms with Crippen LogP contribution in [-0.2, 0) is 6.42 Å². The molecule has 0 saturated heterocycles. The van der Waals surface area contributed by atoms with E-state index in [1.165, 1.54) is 21.6 Å². The van der Waals surface area contributed by atoms with E-state index in [1.54, 1.807) is 18.4 Å². The molecular formula is C17H23NOS. The van der Waals surface area contributed by atoms with Crippen LogP contribution >= 0.6 is 11.3 Å². The van der Waals surface area contributed by atoms with Crippen molar-refractivity contribution >= 4 is 11.3 Å². The molecule has 1 aromatic heterocycles. The van der Waals surface area contributed by atoms with Gasteiger partial charge >= 0.3 is 0 Å². The van der Waals surface area contributed by atoms with Crippen LogP contribution in [0.5, 0.6) is 5.75 Å². The second-order valence-electron chi connectivity index (χ2n) is 5.09. The minimum atomic E-state index is 0.317. The first-order valence-electron chi connectivity index (χ1n) is 7.06. The number of rotatable bonds is 6. The van der Waals surface area contributed by atoms with E-state index in [4.69, 9.17) is 4.74 Å². The fourth-order valence-corrected chi connectivity index (χ4v) is 3.34. The third kappa shape index (κ3) is 3.41. The van der Waals surface area contributed by atoms with E-state index in [-0.39, 0.29) is 0 Å². The standard InChI is InChI=1S/C17H23NOS/c1-5-18-15(17-16(19-4)8-9-20-17)11-14-7-6-12(2)13(3)10-14/h6-10,15,18H,5,11H2,1-4H3. The lowest BCUT2D eigenvalue weighted by Gasteiger charge is -2.18. The maximum atomic E-state index is 5.46. The smallest absolute Gasteiger partial charge is 0.134 e. The van der Waals surface area contributed by atoms with Crippen molar-refractivity contribution in [1.82, 2.24) is 5.32 Å².